The molecule has 88 valence electrons. The van der Waals surface area contributed by atoms with Crippen molar-refractivity contribution in [3.8, 4) is 5.75 Å². The van der Waals surface area contributed by atoms with Crippen LogP contribution >= 0.6 is 0 Å². The maximum absolute atomic E-state index is 13.1. The van der Waals surface area contributed by atoms with Crippen LogP contribution in [-0.4, -0.2) is 17.3 Å². The summed E-state index contributed by atoms with van der Waals surface area (Å²) in [4.78, 5) is 0. The van der Waals surface area contributed by atoms with Crippen LogP contribution in [0, 0.1) is 12.7 Å². The maximum atomic E-state index is 13.1. The SMILES string of the molecule is Cc1ccc(F)cc1OC1CCCCC1O. The highest BCUT2D eigenvalue weighted by Gasteiger charge is 2.25. The van der Waals surface area contributed by atoms with Gasteiger partial charge in [-0.3, -0.25) is 0 Å². The summed E-state index contributed by atoms with van der Waals surface area (Å²) in [6, 6.07) is 4.50. The van der Waals surface area contributed by atoms with Crippen molar-refractivity contribution in [2.24, 2.45) is 0 Å². The summed E-state index contributed by atoms with van der Waals surface area (Å²) in [6.07, 6.45) is 3.13. The van der Waals surface area contributed by atoms with Crippen LogP contribution in [0.4, 0.5) is 4.39 Å². The van der Waals surface area contributed by atoms with Crippen LogP contribution in [-0.2, 0) is 0 Å². The third-order valence-electron chi connectivity index (χ3n) is 3.10. The van der Waals surface area contributed by atoms with E-state index in [1.54, 1.807) is 6.07 Å². The molecule has 2 unspecified atom stereocenters. The molecule has 0 spiro atoms. The lowest BCUT2D eigenvalue weighted by Crippen LogP contribution is -2.34. The number of aliphatic hydroxyl groups is 1. The highest BCUT2D eigenvalue weighted by atomic mass is 19.1. The number of hydrogen-bond donors (Lipinski definition) is 1. The van der Waals surface area contributed by atoms with Gasteiger partial charge in [0.1, 0.15) is 17.7 Å². The molecule has 2 rings (SSSR count). The zero-order chi connectivity index (χ0) is 11.5. The predicted octanol–water partition coefficient (Wildman–Crippen LogP) is 2.82. The van der Waals surface area contributed by atoms with Gasteiger partial charge in [-0.15, -0.1) is 0 Å². The Balaban J connectivity index is 2.10. The lowest BCUT2D eigenvalue weighted by Gasteiger charge is -2.28. The molecule has 1 saturated carbocycles. The van der Waals surface area contributed by atoms with Gasteiger partial charge in [0.15, 0.2) is 0 Å². The van der Waals surface area contributed by atoms with E-state index in [4.69, 9.17) is 4.74 Å². The van der Waals surface area contributed by atoms with Crippen LogP contribution in [0.15, 0.2) is 18.2 Å². The molecule has 0 amide bonds. The summed E-state index contributed by atoms with van der Waals surface area (Å²) in [5.41, 5.74) is 0.902. The topological polar surface area (TPSA) is 29.5 Å². The minimum atomic E-state index is -0.420. The maximum Gasteiger partial charge on any atom is 0.126 e. The Morgan fingerprint density at radius 2 is 2.06 bits per heavy atom. The van der Waals surface area contributed by atoms with Crippen LogP contribution in [0.25, 0.3) is 0 Å². The lowest BCUT2D eigenvalue weighted by molar-refractivity contribution is 0.00639. The predicted molar refractivity (Wildman–Crippen MR) is 60.0 cm³/mol. The first kappa shape index (κ1) is 11.4. The van der Waals surface area contributed by atoms with Crippen LogP contribution in [0.5, 0.6) is 5.75 Å². The standard InChI is InChI=1S/C13H17FO2/c1-9-6-7-10(14)8-13(9)16-12-5-3-2-4-11(12)15/h6-8,11-12,15H,2-5H2,1H3. The average Bonchev–Trinajstić information content (AvgIpc) is 2.27. The van der Waals surface area contributed by atoms with Crippen molar-refractivity contribution in [1.29, 1.82) is 0 Å². The van der Waals surface area contributed by atoms with E-state index >= 15 is 0 Å². The van der Waals surface area contributed by atoms with Crippen molar-refractivity contribution in [1.82, 2.24) is 0 Å². The molecule has 0 radical (unpaired) electrons. The normalized spacial score (nSPS) is 25.4. The first-order valence-corrected chi connectivity index (χ1v) is 5.77. The third-order valence-corrected chi connectivity index (χ3v) is 3.10. The largest absolute Gasteiger partial charge is 0.487 e. The summed E-state index contributed by atoms with van der Waals surface area (Å²) in [6.45, 7) is 1.88. The second kappa shape index (κ2) is 4.83. The van der Waals surface area contributed by atoms with Gasteiger partial charge in [0.05, 0.1) is 6.10 Å². The first-order chi connectivity index (χ1) is 7.66. The van der Waals surface area contributed by atoms with Gasteiger partial charge < -0.3 is 9.84 Å². The van der Waals surface area contributed by atoms with Gasteiger partial charge in [-0.2, -0.15) is 0 Å². The van der Waals surface area contributed by atoms with E-state index in [0.717, 1.165) is 31.2 Å². The molecule has 1 fully saturated rings. The van der Waals surface area contributed by atoms with Crippen molar-refractivity contribution in [2.75, 3.05) is 0 Å². The highest BCUT2D eigenvalue weighted by molar-refractivity contribution is 5.32. The first-order valence-electron chi connectivity index (χ1n) is 5.77. The lowest BCUT2D eigenvalue weighted by atomic mass is 9.95. The Morgan fingerprint density at radius 1 is 1.31 bits per heavy atom. The Hall–Kier alpha value is -1.09. The Morgan fingerprint density at radius 3 is 2.81 bits per heavy atom. The van der Waals surface area contributed by atoms with Gasteiger partial charge in [-0.25, -0.2) is 4.39 Å². The van der Waals surface area contributed by atoms with Gasteiger partial charge in [-0.1, -0.05) is 12.5 Å². The monoisotopic (exact) mass is 224 g/mol. The van der Waals surface area contributed by atoms with Gasteiger partial charge >= 0.3 is 0 Å². The van der Waals surface area contributed by atoms with E-state index in [1.165, 1.54) is 12.1 Å². The summed E-state index contributed by atoms with van der Waals surface area (Å²) in [5, 5.41) is 9.77. The smallest absolute Gasteiger partial charge is 0.126 e. The van der Waals surface area contributed by atoms with Crippen molar-refractivity contribution in [3.63, 3.8) is 0 Å². The van der Waals surface area contributed by atoms with Crippen molar-refractivity contribution < 1.29 is 14.2 Å². The molecule has 2 atom stereocenters. The molecule has 0 saturated heterocycles. The molecule has 1 aliphatic rings. The van der Waals surface area contributed by atoms with Gasteiger partial charge in [0.2, 0.25) is 0 Å². The Bertz CT molecular complexity index is 365. The second-order valence-electron chi connectivity index (χ2n) is 4.42. The fourth-order valence-corrected chi connectivity index (χ4v) is 2.08. The number of aliphatic hydroxyl groups excluding tert-OH is 1. The van der Waals surface area contributed by atoms with Gasteiger partial charge in [-0.05, 0) is 37.8 Å². The molecule has 3 heteroatoms. The summed E-state index contributed by atoms with van der Waals surface area (Å²) < 4.78 is 18.7. The molecular formula is C13H17FO2. The summed E-state index contributed by atoms with van der Waals surface area (Å²) in [5.74, 6) is 0.247. The number of ether oxygens (including phenoxy) is 1. The van der Waals surface area contributed by atoms with E-state index < -0.39 is 6.10 Å². The van der Waals surface area contributed by atoms with E-state index in [0.29, 0.717) is 5.75 Å². The van der Waals surface area contributed by atoms with E-state index in [-0.39, 0.29) is 11.9 Å². The van der Waals surface area contributed by atoms with Crippen molar-refractivity contribution in [3.05, 3.63) is 29.6 Å². The summed E-state index contributed by atoms with van der Waals surface area (Å²) >= 11 is 0. The minimum absolute atomic E-state index is 0.186. The number of rotatable bonds is 2. The van der Waals surface area contributed by atoms with Crippen LogP contribution in [0.2, 0.25) is 0 Å². The fourth-order valence-electron chi connectivity index (χ4n) is 2.08. The molecule has 1 aromatic carbocycles. The molecule has 2 nitrogen and oxygen atoms in total. The molecule has 16 heavy (non-hydrogen) atoms. The number of halogens is 1. The molecule has 0 aromatic heterocycles. The van der Waals surface area contributed by atoms with Crippen LogP contribution in [0.3, 0.4) is 0 Å². The minimum Gasteiger partial charge on any atom is -0.487 e. The molecule has 1 N–H and O–H groups in total. The molecule has 0 aliphatic heterocycles. The van der Waals surface area contributed by atoms with Crippen LogP contribution in [0.1, 0.15) is 31.2 Å². The zero-order valence-electron chi connectivity index (χ0n) is 9.45. The molecule has 0 bridgehead atoms. The van der Waals surface area contributed by atoms with E-state index in [1.807, 2.05) is 6.92 Å². The van der Waals surface area contributed by atoms with Crippen molar-refractivity contribution in [2.45, 2.75) is 44.8 Å². The van der Waals surface area contributed by atoms with Crippen molar-refractivity contribution >= 4 is 0 Å². The average molecular weight is 224 g/mol. The Kier molecular flexibility index (Phi) is 3.44. The number of aryl methyl sites for hydroxylation is 1. The third kappa shape index (κ3) is 2.53. The van der Waals surface area contributed by atoms with E-state index in [2.05, 4.69) is 0 Å². The molecular weight excluding hydrogens is 207 g/mol. The zero-order valence-corrected chi connectivity index (χ0v) is 9.45. The highest BCUT2D eigenvalue weighted by Crippen LogP contribution is 2.26. The molecule has 0 heterocycles. The van der Waals surface area contributed by atoms with Crippen LogP contribution < -0.4 is 4.74 Å². The molecule has 1 aliphatic carbocycles. The van der Waals surface area contributed by atoms with Gasteiger partial charge in [0.25, 0.3) is 0 Å². The summed E-state index contributed by atoms with van der Waals surface area (Å²) in [7, 11) is 0. The quantitative estimate of drug-likeness (QED) is 0.837. The number of hydrogen-bond acceptors (Lipinski definition) is 2. The Labute approximate surface area is 95.1 Å². The number of benzene rings is 1. The second-order valence-corrected chi connectivity index (χ2v) is 4.42. The molecule has 1 aromatic rings. The fraction of sp³-hybridized carbons (Fsp3) is 0.538. The van der Waals surface area contributed by atoms with E-state index in [9.17, 15) is 9.50 Å². The van der Waals surface area contributed by atoms with Gasteiger partial charge in [0, 0.05) is 6.07 Å².